The Balaban J connectivity index is 1.50. The van der Waals surface area contributed by atoms with Gasteiger partial charge in [-0.1, -0.05) is 46.9 Å². The Morgan fingerprint density at radius 3 is 2.28 bits per heavy atom. The summed E-state index contributed by atoms with van der Waals surface area (Å²) in [4.78, 5) is 39.4. The number of hydrogen-bond donors (Lipinski definition) is 2. The lowest BCUT2D eigenvalue weighted by molar-refractivity contribution is -0.120. The van der Waals surface area contributed by atoms with Gasteiger partial charge in [0.2, 0.25) is 0 Å². The van der Waals surface area contributed by atoms with E-state index in [2.05, 4.69) is 10.6 Å². The van der Waals surface area contributed by atoms with Crippen LogP contribution in [0.3, 0.4) is 0 Å². The standard InChI is InChI=1S/C26H20Cl3N3O4/c1-14(2)36-18-11-9-16(10-12-18)31-24(33)15-5-3-6-17(13-15)30-23-22(29)25(34)32(26(23)35)20-8-4-7-19(27)21(20)28/h3-14,30H,1-2H3,(H,31,33). The number of halogens is 3. The number of benzene rings is 3. The number of rotatable bonds is 7. The molecule has 0 unspecified atom stereocenters. The smallest absolute Gasteiger partial charge is 0.283 e. The molecular weight excluding hydrogens is 525 g/mol. The van der Waals surface area contributed by atoms with E-state index in [-0.39, 0.29) is 38.5 Å². The van der Waals surface area contributed by atoms with Gasteiger partial charge in [-0.3, -0.25) is 14.4 Å². The van der Waals surface area contributed by atoms with Gasteiger partial charge in [0.05, 0.1) is 21.8 Å². The molecule has 3 aromatic rings. The molecule has 3 aromatic carbocycles. The maximum atomic E-state index is 13.1. The molecule has 4 rings (SSSR count). The fourth-order valence-electron chi connectivity index (χ4n) is 3.47. The molecule has 0 saturated carbocycles. The summed E-state index contributed by atoms with van der Waals surface area (Å²) in [6.07, 6.45) is 0.0425. The van der Waals surface area contributed by atoms with Crippen LogP contribution in [0.4, 0.5) is 17.1 Å². The van der Waals surface area contributed by atoms with Gasteiger partial charge >= 0.3 is 0 Å². The Hall–Kier alpha value is -3.52. The summed E-state index contributed by atoms with van der Waals surface area (Å²) in [5.41, 5.74) is 1.27. The minimum absolute atomic E-state index is 0.0425. The molecule has 36 heavy (non-hydrogen) atoms. The van der Waals surface area contributed by atoms with E-state index in [4.69, 9.17) is 39.5 Å². The van der Waals surface area contributed by atoms with Gasteiger partial charge in [0.1, 0.15) is 16.5 Å². The fourth-order valence-corrected chi connectivity index (χ4v) is 4.06. The van der Waals surface area contributed by atoms with Crippen LogP contribution in [0.2, 0.25) is 10.0 Å². The average Bonchev–Trinajstić information content (AvgIpc) is 3.05. The molecule has 0 aliphatic carbocycles. The second-order valence-corrected chi connectivity index (χ2v) is 9.22. The van der Waals surface area contributed by atoms with Crippen molar-refractivity contribution in [3.63, 3.8) is 0 Å². The van der Waals surface area contributed by atoms with Crippen molar-refractivity contribution in [3.05, 3.63) is 93.1 Å². The number of nitrogens with one attached hydrogen (secondary N) is 2. The third-order valence-electron chi connectivity index (χ3n) is 5.08. The van der Waals surface area contributed by atoms with Crippen LogP contribution in [0.5, 0.6) is 5.75 Å². The molecule has 0 atom stereocenters. The van der Waals surface area contributed by atoms with Crippen molar-refractivity contribution in [1.29, 1.82) is 0 Å². The van der Waals surface area contributed by atoms with Crippen LogP contribution >= 0.6 is 34.8 Å². The van der Waals surface area contributed by atoms with Crippen molar-refractivity contribution < 1.29 is 19.1 Å². The average molecular weight is 545 g/mol. The number of carbonyl (C=O) groups is 3. The second-order valence-electron chi connectivity index (χ2n) is 8.06. The van der Waals surface area contributed by atoms with Crippen molar-refractivity contribution >= 4 is 69.6 Å². The van der Waals surface area contributed by atoms with Gasteiger partial charge in [-0.25, -0.2) is 4.90 Å². The summed E-state index contributed by atoms with van der Waals surface area (Å²) in [6, 6.07) is 18.0. The summed E-state index contributed by atoms with van der Waals surface area (Å²) < 4.78 is 5.61. The molecule has 2 N–H and O–H groups in total. The van der Waals surface area contributed by atoms with E-state index in [0.717, 1.165) is 4.90 Å². The van der Waals surface area contributed by atoms with E-state index in [9.17, 15) is 14.4 Å². The Bertz CT molecular complexity index is 1390. The highest BCUT2D eigenvalue weighted by Gasteiger charge is 2.40. The highest BCUT2D eigenvalue weighted by Crippen LogP contribution is 2.37. The third kappa shape index (κ3) is 5.33. The van der Waals surface area contributed by atoms with Gasteiger partial charge in [0.25, 0.3) is 17.7 Å². The van der Waals surface area contributed by atoms with Gasteiger partial charge in [-0.05, 0) is 68.4 Å². The van der Waals surface area contributed by atoms with Crippen molar-refractivity contribution in [1.82, 2.24) is 0 Å². The van der Waals surface area contributed by atoms with Crippen LogP contribution in [0, 0.1) is 0 Å². The van der Waals surface area contributed by atoms with E-state index >= 15 is 0 Å². The number of ether oxygens (including phenoxy) is 1. The van der Waals surface area contributed by atoms with Crippen LogP contribution in [-0.4, -0.2) is 23.8 Å². The molecule has 0 spiro atoms. The Kier molecular flexibility index (Phi) is 7.54. The quantitative estimate of drug-likeness (QED) is 0.333. The Labute approximate surface area is 222 Å². The van der Waals surface area contributed by atoms with Gasteiger partial charge in [-0.2, -0.15) is 0 Å². The first-order valence-corrected chi connectivity index (χ1v) is 12.0. The predicted molar refractivity (Wildman–Crippen MR) is 142 cm³/mol. The zero-order valence-electron chi connectivity index (χ0n) is 19.1. The van der Waals surface area contributed by atoms with Crippen molar-refractivity contribution in [2.45, 2.75) is 20.0 Å². The minimum atomic E-state index is -0.743. The largest absolute Gasteiger partial charge is 0.491 e. The molecular formula is C26H20Cl3N3O4. The normalized spacial score (nSPS) is 13.4. The van der Waals surface area contributed by atoms with Crippen LogP contribution in [0.1, 0.15) is 24.2 Å². The van der Waals surface area contributed by atoms with E-state index in [1.807, 2.05) is 13.8 Å². The van der Waals surface area contributed by atoms with E-state index < -0.39 is 11.8 Å². The SMILES string of the molecule is CC(C)Oc1ccc(NC(=O)c2cccc(NC3=C(Cl)C(=O)N(c4cccc(Cl)c4Cl)C3=O)c2)cc1. The van der Waals surface area contributed by atoms with Crippen LogP contribution in [0.15, 0.2) is 77.5 Å². The topological polar surface area (TPSA) is 87.7 Å². The van der Waals surface area contributed by atoms with Crippen LogP contribution in [-0.2, 0) is 9.59 Å². The van der Waals surface area contributed by atoms with Gasteiger partial charge in [0, 0.05) is 16.9 Å². The second kappa shape index (κ2) is 10.6. The predicted octanol–water partition coefficient (Wildman–Crippen LogP) is 6.47. The zero-order valence-corrected chi connectivity index (χ0v) is 21.4. The summed E-state index contributed by atoms with van der Waals surface area (Å²) in [5.74, 6) is -1.11. The zero-order chi connectivity index (χ0) is 26.0. The van der Waals surface area contributed by atoms with Crippen molar-refractivity contribution in [2.75, 3.05) is 15.5 Å². The molecule has 184 valence electrons. The number of imide groups is 1. The van der Waals surface area contributed by atoms with Crippen LogP contribution in [0.25, 0.3) is 0 Å². The minimum Gasteiger partial charge on any atom is -0.491 e. The highest BCUT2D eigenvalue weighted by atomic mass is 35.5. The van der Waals surface area contributed by atoms with E-state index in [1.165, 1.54) is 18.2 Å². The number of anilines is 3. The Morgan fingerprint density at radius 2 is 1.58 bits per heavy atom. The van der Waals surface area contributed by atoms with Crippen molar-refractivity contribution in [2.24, 2.45) is 0 Å². The maximum Gasteiger partial charge on any atom is 0.283 e. The molecule has 0 aromatic heterocycles. The summed E-state index contributed by atoms with van der Waals surface area (Å²) in [6.45, 7) is 3.86. The maximum absolute atomic E-state index is 13.1. The monoisotopic (exact) mass is 543 g/mol. The first kappa shape index (κ1) is 25.6. The molecule has 1 aliphatic heterocycles. The first-order valence-electron chi connectivity index (χ1n) is 10.8. The summed E-state index contributed by atoms with van der Waals surface area (Å²) >= 11 is 18.4. The lowest BCUT2D eigenvalue weighted by Crippen LogP contribution is -2.32. The third-order valence-corrected chi connectivity index (χ3v) is 6.24. The highest BCUT2D eigenvalue weighted by molar-refractivity contribution is 6.54. The summed E-state index contributed by atoms with van der Waals surface area (Å²) in [7, 11) is 0. The molecule has 1 aliphatic rings. The van der Waals surface area contributed by atoms with Crippen LogP contribution < -0.4 is 20.3 Å². The molecule has 0 bridgehead atoms. The molecule has 1 heterocycles. The molecule has 10 heteroatoms. The van der Waals surface area contributed by atoms with Gasteiger partial charge in [-0.15, -0.1) is 0 Å². The number of carbonyl (C=O) groups excluding carboxylic acids is 3. The van der Waals surface area contributed by atoms with Crippen molar-refractivity contribution in [3.8, 4) is 5.75 Å². The molecule has 3 amide bonds. The lowest BCUT2D eigenvalue weighted by atomic mass is 10.1. The number of nitrogens with zero attached hydrogens (tertiary/aromatic N) is 1. The fraction of sp³-hybridized carbons (Fsp3) is 0.115. The Morgan fingerprint density at radius 1 is 0.889 bits per heavy atom. The lowest BCUT2D eigenvalue weighted by Gasteiger charge is -2.17. The summed E-state index contributed by atoms with van der Waals surface area (Å²) in [5, 5.41) is 5.59. The molecule has 0 fully saturated rings. The number of amides is 3. The number of hydrogen-bond acceptors (Lipinski definition) is 5. The first-order chi connectivity index (χ1) is 17.2. The molecule has 0 radical (unpaired) electrons. The van der Waals surface area contributed by atoms with E-state index in [0.29, 0.717) is 22.7 Å². The molecule has 0 saturated heterocycles. The van der Waals surface area contributed by atoms with E-state index in [1.54, 1.807) is 48.5 Å². The van der Waals surface area contributed by atoms with Gasteiger partial charge < -0.3 is 15.4 Å². The molecule has 7 nitrogen and oxygen atoms in total. The van der Waals surface area contributed by atoms with Gasteiger partial charge in [0.15, 0.2) is 0 Å².